The first-order chi connectivity index (χ1) is 34.4. The number of pyridine rings is 4. The highest BCUT2D eigenvalue weighted by Crippen LogP contribution is 2.29. The molecule has 0 aliphatic carbocycles. The van der Waals surface area contributed by atoms with E-state index >= 15 is 0 Å². The molecule has 0 bridgehead atoms. The number of aromatic nitrogens is 8. The third kappa shape index (κ3) is 7.46. The molecule has 13 nitrogen and oxygen atoms in total. The predicted molar refractivity (Wildman–Crippen MR) is 181 cm³/mol. The molecule has 0 radical (unpaired) electrons. The van der Waals surface area contributed by atoms with Gasteiger partial charge in [0.1, 0.15) is 11.5 Å². The van der Waals surface area contributed by atoms with E-state index in [4.69, 9.17) is 50.6 Å². The summed E-state index contributed by atoms with van der Waals surface area (Å²) in [6.45, 7) is -13.3. The van der Waals surface area contributed by atoms with Gasteiger partial charge < -0.3 is 28.9 Å². The van der Waals surface area contributed by atoms with E-state index in [-0.39, 0.29) is 51.0 Å². The number of hydrogen-bond donors (Lipinski definition) is 2. The Hall–Kier alpha value is -4.76. The Balaban J connectivity index is 0.000000284. The van der Waals surface area contributed by atoms with Gasteiger partial charge in [0.05, 0.1) is 86.3 Å². The van der Waals surface area contributed by atoms with Gasteiger partial charge in [-0.2, -0.15) is 9.97 Å². The molecule has 6 heterocycles. The lowest BCUT2D eigenvalue weighted by Crippen LogP contribution is -2.05. The number of nitrogens with zero attached hydrogens (tertiary/aromatic N) is 6. The molecule has 0 aliphatic rings. The van der Waals surface area contributed by atoms with Crippen LogP contribution in [0.4, 0.5) is 0 Å². The minimum absolute atomic E-state index is 0.0569. The molecule has 246 valence electrons. The van der Waals surface area contributed by atoms with Gasteiger partial charge in [-0.15, -0.1) is 0 Å². The fourth-order valence-electron chi connectivity index (χ4n) is 3.44. The first-order valence-electron chi connectivity index (χ1n) is 27.1. The highest BCUT2D eigenvalue weighted by Gasteiger charge is 2.17. The summed E-state index contributed by atoms with van der Waals surface area (Å²) in [4.78, 5) is 27.9. The first kappa shape index (κ1) is 12.4. The van der Waals surface area contributed by atoms with E-state index in [1.54, 1.807) is 0 Å². The molecule has 15 heteroatoms. The summed E-state index contributed by atoms with van der Waals surface area (Å²) >= 11 is 0.265. The van der Waals surface area contributed by atoms with Gasteiger partial charge in [-0.25, -0.2) is 9.97 Å². The van der Waals surface area contributed by atoms with Crippen molar-refractivity contribution >= 4 is 44.9 Å². The molecule has 1 unspecified atom stereocenters. The summed E-state index contributed by atoms with van der Waals surface area (Å²) in [6, 6.07) is 4.97. The molecule has 0 fully saturated rings. The van der Waals surface area contributed by atoms with Crippen LogP contribution in [0.5, 0.6) is 23.3 Å². The van der Waals surface area contributed by atoms with Crippen molar-refractivity contribution in [1.29, 1.82) is 0 Å². The van der Waals surface area contributed by atoms with Crippen molar-refractivity contribution in [1.82, 2.24) is 39.9 Å². The summed E-state index contributed by atoms with van der Waals surface area (Å²) in [6.07, 6.45) is -2.33. The highest BCUT2D eigenvalue weighted by atomic mass is 32.2. The fourth-order valence-corrected chi connectivity index (χ4v) is 4.87. The maximum absolute atomic E-state index is 13.4. The van der Waals surface area contributed by atoms with Crippen LogP contribution >= 0.6 is 11.8 Å². The Labute approximate surface area is 320 Å². The van der Waals surface area contributed by atoms with E-state index in [2.05, 4.69) is 49.3 Å². The Morgan fingerprint density at radius 3 is 1.98 bits per heavy atom. The number of methoxy groups -OCH3 is 4. The zero-order valence-corrected chi connectivity index (χ0v) is 24.5. The van der Waals surface area contributed by atoms with Crippen LogP contribution in [-0.4, -0.2) is 72.2 Å². The number of rotatable bonds is 10. The van der Waals surface area contributed by atoms with Crippen LogP contribution in [0.2, 0.25) is 0 Å². The van der Waals surface area contributed by atoms with Crippen molar-refractivity contribution in [2.45, 2.75) is 49.1 Å². The van der Waals surface area contributed by atoms with Gasteiger partial charge in [0.25, 0.3) is 0 Å². The second-order valence-corrected chi connectivity index (χ2v) is 10.3. The molecule has 0 aliphatic heterocycles. The van der Waals surface area contributed by atoms with Crippen LogP contribution in [0, 0.1) is 27.4 Å². The quantitative estimate of drug-likeness (QED) is 0.171. The number of H-pyrrole nitrogens is 2. The average molecular weight is 707 g/mol. The molecule has 0 amide bonds. The Kier molecular flexibility index (Phi) is 3.88. The van der Waals surface area contributed by atoms with E-state index in [9.17, 15) is 4.21 Å². The van der Waals surface area contributed by atoms with E-state index in [0.717, 1.165) is 6.07 Å². The van der Waals surface area contributed by atoms with Crippen molar-refractivity contribution in [2.75, 3.05) is 28.2 Å². The van der Waals surface area contributed by atoms with Gasteiger partial charge in [-0.1, -0.05) is 11.8 Å². The summed E-state index contributed by atoms with van der Waals surface area (Å²) in [5.41, 5.74) is -13.1. The number of imidazole rings is 2. The van der Waals surface area contributed by atoms with Crippen LogP contribution in [0.3, 0.4) is 0 Å². The third-order valence-corrected chi connectivity index (χ3v) is 7.17. The lowest BCUT2D eigenvalue weighted by atomic mass is 10.1. The molecule has 6 rings (SSSR count). The van der Waals surface area contributed by atoms with Crippen molar-refractivity contribution in [2.24, 2.45) is 0 Å². The van der Waals surface area contributed by atoms with Crippen LogP contribution in [-0.2, 0) is 22.2 Å². The first-order valence-corrected chi connectivity index (χ1v) is 14.1. The van der Waals surface area contributed by atoms with Crippen molar-refractivity contribution in [3.8, 4) is 23.3 Å². The van der Waals surface area contributed by atoms with E-state index in [0.29, 0.717) is 0 Å². The molecule has 1 atom stereocenters. The van der Waals surface area contributed by atoms with E-state index in [1.165, 1.54) is 18.2 Å². The normalized spacial score (nSPS) is 23.8. The summed E-state index contributed by atoms with van der Waals surface area (Å²) in [5, 5.41) is -0.817. The van der Waals surface area contributed by atoms with E-state index in [1.807, 2.05) is 0 Å². The molecular formula is C32H36N8O5S2. The van der Waals surface area contributed by atoms with Crippen LogP contribution in [0.15, 0.2) is 46.9 Å². The smallest absolute Gasteiger partial charge is 0.215 e. The summed E-state index contributed by atoms with van der Waals surface area (Å²) in [5.74, 6) is -3.21. The predicted octanol–water partition coefficient (Wildman–Crippen LogP) is 5.57. The fraction of sp³-hybridized carbons (Fsp3) is 0.312. The highest BCUT2D eigenvalue weighted by molar-refractivity contribution is 7.98. The minimum Gasteiger partial charge on any atom is -0.496 e. The summed E-state index contributed by atoms with van der Waals surface area (Å²) < 4.78 is 263. The molecule has 0 aromatic carbocycles. The van der Waals surface area contributed by atoms with Gasteiger partial charge in [0, 0.05) is 74.4 Å². The van der Waals surface area contributed by atoms with Gasteiger partial charge in [-0.3, -0.25) is 14.2 Å². The Morgan fingerprint density at radius 1 is 0.766 bits per heavy atom. The number of hydrogen-bond acceptors (Lipinski definition) is 12. The van der Waals surface area contributed by atoms with Crippen LogP contribution in [0.1, 0.15) is 74.8 Å². The topological polar surface area (TPSA) is 163 Å². The molecule has 2 N–H and O–H groups in total. The van der Waals surface area contributed by atoms with Gasteiger partial charge in [0.15, 0.2) is 21.6 Å². The Bertz CT molecular complexity index is 3190. The largest absolute Gasteiger partial charge is 0.496 e. The number of fused-ring (bicyclic) bond motifs is 2. The molecule has 6 aromatic rings. The second-order valence-electron chi connectivity index (χ2n) is 8.41. The maximum atomic E-state index is 13.4. The van der Waals surface area contributed by atoms with E-state index < -0.39 is 140 Å². The number of ether oxygens (including phenoxy) is 4. The number of thioether (sulfide) groups is 1. The Morgan fingerprint density at radius 2 is 1.36 bits per heavy atom. The molecule has 47 heavy (non-hydrogen) atoms. The number of aromatic amines is 2. The van der Waals surface area contributed by atoms with Crippen molar-refractivity contribution in [3.05, 3.63) is 70.3 Å². The average Bonchev–Trinajstić information content (AvgIpc) is 3.78. The molecule has 6 aromatic heterocycles. The molecular weight excluding hydrogens is 641 g/mol. The monoisotopic (exact) mass is 706 g/mol. The van der Waals surface area contributed by atoms with Gasteiger partial charge in [0.2, 0.25) is 11.8 Å². The maximum Gasteiger partial charge on any atom is 0.215 e. The van der Waals surface area contributed by atoms with Crippen LogP contribution in [0.25, 0.3) is 22.3 Å². The van der Waals surface area contributed by atoms with Crippen molar-refractivity contribution < 1.29 is 64.3 Å². The SMILES string of the molecule is [2H]c1nc(C([2H])([2H])S(=O)c2nc3nc(OC([2H])([2H])[2H])ccc3[nH]2)c(C([2H])([2H])[2H])c(OC([2H])([2H])[2H])c1C([2H])([2H])[2H].[2H]c1nc(C([2H])([2H])Sc2nc3nc(OC([2H])([2H])[2H])ccc3[nH]2)c(C([2H])([2H])[2H])c(OC([2H])([2H])[2H])c1C([2H])([2H])[2H]. The van der Waals surface area contributed by atoms with Gasteiger partial charge >= 0.3 is 0 Å². The lowest BCUT2D eigenvalue weighted by molar-refractivity contribution is 0.399. The van der Waals surface area contributed by atoms with Crippen molar-refractivity contribution in [3.63, 3.8) is 0 Å². The molecule has 0 spiro atoms. The summed E-state index contributed by atoms with van der Waals surface area (Å²) in [7, 11) is -15.4. The van der Waals surface area contributed by atoms with Gasteiger partial charge in [-0.05, 0) is 39.5 Å². The standard InChI is InChI=1S/C16H18N4O3S.C16H18N4O2S/c1-9-7-17-12(10(2)14(9)23-4)8-24(21)16-18-11-5-6-13(22-3)19-15(11)20-16;1-9-7-17-12(10(2)14(9)22-4)8-23-16-18-11-5-6-13(21-3)19-15(11)20-16/h5-7H,8H2,1-4H3,(H,18,19,20);5-7H,8H2,1-4H3,(H,18,19,20)/i2*1D3,2D3,3D3,4D3,7D,8D2. The number of nitrogens with one attached hydrogen (secondary N) is 2. The zero-order valence-electron chi connectivity index (χ0n) is 52.9. The minimum atomic E-state index is -3.45. The molecule has 0 saturated heterocycles. The zero-order chi connectivity index (χ0) is 59.0. The lowest BCUT2D eigenvalue weighted by Gasteiger charge is -2.11. The third-order valence-electron chi connectivity index (χ3n) is 5.56. The molecule has 0 saturated carbocycles. The van der Waals surface area contributed by atoms with Crippen LogP contribution < -0.4 is 18.9 Å². The second kappa shape index (κ2) is 14.8.